The summed E-state index contributed by atoms with van der Waals surface area (Å²) in [5.74, 6) is -0.865. The Kier molecular flexibility index (Phi) is 3.53. The molecule has 0 saturated heterocycles. The number of amides is 1. The first-order valence-corrected chi connectivity index (χ1v) is 7.67. The lowest BCUT2D eigenvalue weighted by molar-refractivity contribution is 0.0996. The summed E-state index contributed by atoms with van der Waals surface area (Å²) in [6.45, 7) is 0.437. The van der Waals surface area contributed by atoms with Gasteiger partial charge in [0.25, 0.3) is 5.91 Å². The van der Waals surface area contributed by atoms with E-state index in [0.29, 0.717) is 17.8 Å². The number of rotatable bonds is 4. The van der Waals surface area contributed by atoms with Gasteiger partial charge in [-0.25, -0.2) is 4.39 Å². The lowest BCUT2D eigenvalue weighted by Crippen LogP contribution is -2.12. The predicted molar refractivity (Wildman–Crippen MR) is 91.3 cm³/mol. The maximum atomic E-state index is 13.9. The molecule has 3 N–H and O–H groups in total. The summed E-state index contributed by atoms with van der Waals surface area (Å²) in [7, 11) is 0. The number of H-pyrrole nitrogens is 1. The average Bonchev–Trinajstić information content (AvgIpc) is 3.24. The molecule has 0 spiro atoms. The fourth-order valence-corrected chi connectivity index (χ4v) is 2.90. The Bertz CT molecular complexity index is 1080. The lowest BCUT2D eigenvalue weighted by atomic mass is 10.1. The molecule has 6 nitrogen and oxygen atoms in total. The highest BCUT2D eigenvalue weighted by molar-refractivity contribution is 5.97. The highest BCUT2D eigenvalue weighted by Gasteiger charge is 2.16. The lowest BCUT2D eigenvalue weighted by Gasteiger charge is -2.07. The number of carbonyl (C=O) groups excluding carboxylic acids is 1. The summed E-state index contributed by atoms with van der Waals surface area (Å²) in [6, 6.07) is 14.3. The van der Waals surface area contributed by atoms with E-state index in [4.69, 9.17) is 5.73 Å². The standard InChI is InChI=1S/C18H14FN5O/c19-14-4-2-1-3-13(14)10-24-8-7-11-9-12(5-6-15(11)24)16-17(18(20)25)22-23-21-16/h1-9H,10H2,(H2,20,25)(H,21,22,23). The first-order valence-electron chi connectivity index (χ1n) is 7.67. The zero-order valence-corrected chi connectivity index (χ0v) is 13.1. The highest BCUT2D eigenvalue weighted by atomic mass is 19.1. The van der Waals surface area contributed by atoms with Crippen molar-refractivity contribution in [2.45, 2.75) is 6.54 Å². The smallest absolute Gasteiger partial charge is 0.271 e. The molecule has 0 aliphatic carbocycles. The Morgan fingerprint density at radius 1 is 1.16 bits per heavy atom. The Morgan fingerprint density at radius 3 is 2.80 bits per heavy atom. The normalized spacial score (nSPS) is 11.1. The van der Waals surface area contributed by atoms with Gasteiger partial charge in [0.1, 0.15) is 11.5 Å². The Hall–Kier alpha value is -3.48. The molecular formula is C18H14FN5O. The zero-order valence-electron chi connectivity index (χ0n) is 13.1. The molecule has 0 aliphatic rings. The number of aromatic amines is 1. The van der Waals surface area contributed by atoms with Gasteiger partial charge in [-0.05, 0) is 24.3 Å². The van der Waals surface area contributed by atoms with Crippen LogP contribution >= 0.6 is 0 Å². The maximum absolute atomic E-state index is 13.9. The molecule has 0 atom stereocenters. The topological polar surface area (TPSA) is 89.6 Å². The van der Waals surface area contributed by atoms with Gasteiger partial charge in [0, 0.05) is 28.2 Å². The molecule has 2 heterocycles. The number of hydrogen-bond donors (Lipinski definition) is 2. The summed E-state index contributed by atoms with van der Waals surface area (Å²) in [4.78, 5) is 11.4. The molecular weight excluding hydrogens is 321 g/mol. The number of nitrogens with zero attached hydrogens (tertiary/aromatic N) is 3. The van der Waals surface area contributed by atoms with E-state index in [1.807, 2.05) is 41.1 Å². The van der Waals surface area contributed by atoms with Crippen molar-refractivity contribution < 1.29 is 9.18 Å². The summed E-state index contributed by atoms with van der Waals surface area (Å²) in [6.07, 6.45) is 1.90. The van der Waals surface area contributed by atoms with Crippen LogP contribution in [0.3, 0.4) is 0 Å². The minimum Gasteiger partial charge on any atom is -0.364 e. The number of hydrogen-bond acceptors (Lipinski definition) is 3. The van der Waals surface area contributed by atoms with Crippen molar-refractivity contribution in [1.82, 2.24) is 20.0 Å². The van der Waals surface area contributed by atoms with E-state index in [9.17, 15) is 9.18 Å². The molecule has 0 saturated carbocycles. The van der Waals surface area contributed by atoms with Crippen molar-refractivity contribution >= 4 is 16.8 Å². The van der Waals surface area contributed by atoms with Gasteiger partial charge in [0.2, 0.25) is 0 Å². The monoisotopic (exact) mass is 335 g/mol. The van der Waals surface area contributed by atoms with E-state index in [0.717, 1.165) is 16.5 Å². The fourth-order valence-electron chi connectivity index (χ4n) is 2.90. The third kappa shape index (κ3) is 2.65. The second-order valence-corrected chi connectivity index (χ2v) is 5.69. The van der Waals surface area contributed by atoms with Gasteiger partial charge in [-0.15, -0.1) is 0 Å². The van der Waals surface area contributed by atoms with Crippen LogP contribution in [-0.2, 0) is 6.54 Å². The van der Waals surface area contributed by atoms with Crippen LogP contribution in [0.1, 0.15) is 16.1 Å². The minimum atomic E-state index is -0.638. The van der Waals surface area contributed by atoms with E-state index in [2.05, 4.69) is 15.4 Å². The molecule has 4 rings (SSSR count). The quantitative estimate of drug-likeness (QED) is 0.601. The largest absolute Gasteiger partial charge is 0.364 e. The molecule has 0 radical (unpaired) electrons. The van der Waals surface area contributed by atoms with E-state index < -0.39 is 5.91 Å². The maximum Gasteiger partial charge on any atom is 0.271 e. The van der Waals surface area contributed by atoms with E-state index in [1.54, 1.807) is 12.1 Å². The van der Waals surface area contributed by atoms with Gasteiger partial charge in [-0.2, -0.15) is 15.4 Å². The summed E-state index contributed by atoms with van der Waals surface area (Å²) < 4.78 is 15.8. The number of nitrogens with one attached hydrogen (secondary N) is 1. The van der Waals surface area contributed by atoms with Crippen LogP contribution in [0.5, 0.6) is 0 Å². The number of fused-ring (bicyclic) bond motifs is 1. The first kappa shape index (κ1) is 15.1. The van der Waals surface area contributed by atoms with Crippen molar-refractivity contribution in [3.8, 4) is 11.3 Å². The third-order valence-electron chi connectivity index (χ3n) is 4.12. The van der Waals surface area contributed by atoms with Gasteiger partial charge in [0.15, 0.2) is 5.69 Å². The molecule has 4 aromatic rings. The van der Waals surface area contributed by atoms with Gasteiger partial charge < -0.3 is 10.3 Å². The van der Waals surface area contributed by atoms with E-state index >= 15 is 0 Å². The molecule has 7 heteroatoms. The first-order chi connectivity index (χ1) is 12.1. The number of primary amides is 1. The Balaban J connectivity index is 1.73. The number of carbonyl (C=O) groups is 1. The van der Waals surface area contributed by atoms with Gasteiger partial charge in [0.05, 0.1) is 6.54 Å². The summed E-state index contributed by atoms with van der Waals surface area (Å²) >= 11 is 0. The predicted octanol–water partition coefficient (Wildman–Crippen LogP) is 2.71. The highest BCUT2D eigenvalue weighted by Crippen LogP contribution is 2.26. The van der Waals surface area contributed by atoms with Crippen LogP contribution < -0.4 is 5.73 Å². The van der Waals surface area contributed by atoms with E-state index in [-0.39, 0.29) is 11.5 Å². The van der Waals surface area contributed by atoms with Gasteiger partial charge in [-0.3, -0.25) is 4.79 Å². The van der Waals surface area contributed by atoms with Crippen molar-refractivity contribution in [1.29, 1.82) is 0 Å². The molecule has 1 amide bonds. The third-order valence-corrected chi connectivity index (χ3v) is 4.12. The Morgan fingerprint density at radius 2 is 2.00 bits per heavy atom. The van der Waals surface area contributed by atoms with Crippen LogP contribution in [0.4, 0.5) is 4.39 Å². The second kappa shape index (κ2) is 5.86. The number of halogens is 1. The molecule has 25 heavy (non-hydrogen) atoms. The van der Waals surface area contributed by atoms with Crippen LogP contribution in [0, 0.1) is 5.82 Å². The van der Waals surface area contributed by atoms with Crippen molar-refractivity contribution in [3.05, 3.63) is 71.8 Å². The molecule has 124 valence electrons. The van der Waals surface area contributed by atoms with Gasteiger partial charge >= 0.3 is 0 Å². The average molecular weight is 335 g/mol. The SMILES string of the molecule is NC(=O)c1n[nH]nc1-c1ccc2c(ccn2Cc2ccccc2F)c1. The van der Waals surface area contributed by atoms with Gasteiger partial charge in [-0.1, -0.05) is 24.3 Å². The molecule has 0 bridgehead atoms. The van der Waals surface area contributed by atoms with Crippen molar-refractivity contribution in [2.24, 2.45) is 5.73 Å². The number of aromatic nitrogens is 4. The summed E-state index contributed by atoms with van der Waals surface area (Å²) in [5.41, 5.74) is 8.14. The number of benzene rings is 2. The van der Waals surface area contributed by atoms with Crippen molar-refractivity contribution in [2.75, 3.05) is 0 Å². The molecule has 0 unspecified atom stereocenters. The van der Waals surface area contributed by atoms with Crippen LogP contribution in [0.15, 0.2) is 54.7 Å². The molecule has 2 aromatic carbocycles. The second-order valence-electron chi connectivity index (χ2n) is 5.69. The fraction of sp³-hybridized carbons (Fsp3) is 0.0556. The van der Waals surface area contributed by atoms with Crippen molar-refractivity contribution in [3.63, 3.8) is 0 Å². The molecule has 0 aliphatic heterocycles. The van der Waals surface area contributed by atoms with Crippen LogP contribution in [-0.4, -0.2) is 25.9 Å². The van der Waals surface area contributed by atoms with Crippen LogP contribution in [0.2, 0.25) is 0 Å². The molecule has 0 fully saturated rings. The number of nitrogens with two attached hydrogens (primary N) is 1. The Labute approximate surface area is 142 Å². The van der Waals surface area contributed by atoms with E-state index in [1.165, 1.54) is 6.07 Å². The minimum absolute atomic E-state index is 0.102. The summed E-state index contributed by atoms with van der Waals surface area (Å²) in [5, 5.41) is 11.2. The zero-order chi connectivity index (χ0) is 17.4. The van der Waals surface area contributed by atoms with Crippen LogP contribution in [0.25, 0.3) is 22.2 Å². The molecule has 2 aromatic heterocycles.